The number of carbonyl (C=O) groups is 2. The first-order chi connectivity index (χ1) is 12.5. The van der Waals surface area contributed by atoms with E-state index in [1.165, 1.54) is 18.2 Å². The van der Waals surface area contributed by atoms with Gasteiger partial charge < -0.3 is 9.80 Å². The molecular formula is C18H29N5O2S. The monoisotopic (exact) mass is 379 g/mol. The van der Waals surface area contributed by atoms with Gasteiger partial charge in [0.15, 0.2) is 0 Å². The zero-order chi connectivity index (χ0) is 18.7. The van der Waals surface area contributed by atoms with Gasteiger partial charge in [-0.2, -0.15) is 5.10 Å². The highest BCUT2D eigenvalue weighted by molar-refractivity contribution is 7.98. The molecule has 0 unspecified atom stereocenters. The number of nitrogens with zero attached hydrogens (tertiary/aromatic N) is 5. The fourth-order valence-corrected chi connectivity index (χ4v) is 4.37. The molecule has 0 aliphatic carbocycles. The summed E-state index contributed by atoms with van der Waals surface area (Å²) in [5.41, 5.74) is 0.673. The van der Waals surface area contributed by atoms with Crippen molar-refractivity contribution in [2.24, 2.45) is 7.05 Å². The summed E-state index contributed by atoms with van der Waals surface area (Å²) in [6.45, 7) is 6.30. The summed E-state index contributed by atoms with van der Waals surface area (Å²) in [4.78, 5) is 31.4. The fraction of sp³-hybridized carbons (Fsp3) is 0.722. The van der Waals surface area contributed by atoms with Crippen LogP contribution < -0.4 is 0 Å². The van der Waals surface area contributed by atoms with Crippen molar-refractivity contribution in [2.75, 3.05) is 45.5 Å². The standard InChI is InChI=1S/C18H29N5O2S/c1-14-6-4-5-7-23(14)16(24)13-21-8-10-22(11-9-21)18(25)15-12-20(2)19-17(15)26-3/h12,14H,4-11,13H2,1-3H3/t14-/m1/s1. The van der Waals surface area contributed by atoms with Crippen molar-refractivity contribution in [2.45, 2.75) is 37.3 Å². The lowest BCUT2D eigenvalue weighted by atomic mass is 10.0. The van der Waals surface area contributed by atoms with E-state index in [0.717, 1.165) is 37.5 Å². The molecule has 0 bridgehead atoms. The van der Waals surface area contributed by atoms with Crippen molar-refractivity contribution in [3.8, 4) is 0 Å². The molecule has 0 aromatic carbocycles. The van der Waals surface area contributed by atoms with Gasteiger partial charge in [-0.15, -0.1) is 11.8 Å². The molecule has 2 aliphatic rings. The summed E-state index contributed by atoms with van der Waals surface area (Å²) in [6, 6.07) is 0.356. The topological polar surface area (TPSA) is 61.7 Å². The maximum Gasteiger partial charge on any atom is 0.258 e. The van der Waals surface area contributed by atoms with Crippen LogP contribution in [0.25, 0.3) is 0 Å². The molecule has 0 N–H and O–H groups in total. The van der Waals surface area contributed by atoms with E-state index in [-0.39, 0.29) is 11.8 Å². The summed E-state index contributed by atoms with van der Waals surface area (Å²) in [5, 5.41) is 5.10. The van der Waals surface area contributed by atoms with Gasteiger partial charge in [-0.25, -0.2) is 0 Å². The van der Waals surface area contributed by atoms with E-state index in [2.05, 4.69) is 16.9 Å². The van der Waals surface area contributed by atoms with E-state index in [4.69, 9.17) is 0 Å². The van der Waals surface area contributed by atoms with Gasteiger partial charge in [0.25, 0.3) is 5.91 Å². The lowest BCUT2D eigenvalue weighted by Crippen LogP contribution is -2.53. The number of aromatic nitrogens is 2. The first kappa shape index (κ1) is 19.2. The molecule has 0 radical (unpaired) electrons. The normalized spacial score (nSPS) is 21.9. The van der Waals surface area contributed by atoms with Crippen LogP contribution in [-0.2, 0) is 11.8 Å². The average Bonchev–Trinajstić information content (AvgIpc) is 3.03. The van der Waals surface area contributed by atoms with E-state index in [1.807, 2.05) is 23.1 Å². The largest absolute Gasteiger partial charge is 0.339 e. The Balaban J connectivity index is 1.52. The molecule has 0 saturated carbocycles. The van der Waals surface area contributed by atoms with Crippen LogP contribution >= 0.6 is 11.8 Å². The van der Waals surface area contributed by atoms with Crippen LogP contribution in [0.1, 0.15) is 36.5 Å². The van der Waals surface area contributed by atoms with Crippen molar-refractivity contribution < 1.29 is 9.59 Å². The molecule has 1 aromatic heterocycles. The second-order valence-electron chi connectivity index (χ2n) is 7.23. The number of thioether (sulfide) groups is 1. The minimum absolute atomic E-state index is 0.0399. The predicted octanol–water partition coefficient (Wildman–Crippen LogP) is 1.30. The SMILES string of the molecule is CSc1nn(C)cc1C(=O)N1CCN(CC(=O)N2CCCC[C@H]2C)CC1. The Bertz CT molecular complexity index is 654. The lowest BCUT2D eigenvalue weighted by molar-refractivity contribution is -0.136. The molecule has 26 heavy (non-hydrogen) atoms. The van der Waals surface area contributed by atoms with Gasteiger partial charge in [0.05, 0.1) is 12.1 Å². The molecule has 2 amide bonds. The average molecular weight is 380 g/mol. The van der Waals surface area contributed by atoms with Gasteiger partial charge in [-0.1, -0.05) is 0 Å². The van der Waals surface area contributed by atoms with Crippen molar-refractivity contribution >= 4 is 23.6 Å². The maximum absolute atomic E-state index is 12.8. The number of aryl methyl sites for hydroxylation is 1. The second-order valence-corrected chi connectivity index (χ2v) is 8.02. The van der Waals surface area contributed by atoms with Crippen LogP contribution in [0.4, 0.5) is 0 Å². The van der Waals surface area contributed by atoms with Gasteiger partial charge in [0, 0.05) is 52.0 Å². The highest BCUT2D eigenvalue weighted by Gasteiger charge is 2.28. The second kappa shape index (κ2) is 8.43. The zero-order valence-corrected chi connectivity index (χ0v) is 16.8. The number of piperazine rings is 1. The van der Waals surface area contributed by atoms with Gasteiger partial charge in [0.2, 0.25) is 5.91 Å². The highest BCUT2D eigenvalue weighted by Crippen LogP contribution is 2.21. The number of carbonyl (C=O) groups excluding carboxylic acids is 2. The van der Waals surface area contributed by atoms with Crippen molar-refractivity contribution in [1.29, 1.82) is 0 Å². The number of hydrogen-bond donors (Lipinski definition) is 0. The molecule has 3 rings (SSSR count). The molecule has 2 aliphatic heterocycles. The molecular weight excluding hydrogens is 350 g/mol. The Labute approximate surface area is 159 Å². The number of hydrogen-bond acceptors (Lipinski definition) is 5. The van der Waals surface area contributed by atoms with Crippen LogP contribution in [0.15, 0.2) is 11.2 Å². The van der Waals surface area contributed by atoms with Crippen LogP contribution in [-0.4, -0.2) is 87.9 Å². The van der Waals surface area contributed by atoms with E-state index >= 15 is 0 Å². The number of amides is 2. The maximum atomic E-state index is 12.8. The van der Waals surface area contributed by atoms with Crippen LogP contribution in [0.5, 0.6) is 0 Å². The minimum atomic E-state index is 0.0399. The third-order valence-electron chi connectivity index (χ3n) is 5.36. The quantitative estimate of drug-likeness (QED) is 0.738. The van der Waals surface area contributed by atoms with Gasteiger partial charge in [-0.05, 0) is 32.4 Å². The molecule has 1 atom stereocenters. The Morgan fingerprint density at radius 1 is 1.19 bits per heavy atom. The summed E-state index contributed by atoms with van der Waals surface area (Å²) < 4.78 is 1.69. The molecule has 144 valence electrons. The van der Waals surface area contributed by atoms with Crippen LogP contribution in [0, 0.1) is 0 Å². The Hall–Kier alpha value is -1.54. The molecule has 1 aromatic rings. The molecule has 3 heterocycles. The van der Waals surface area contributed by atoms with Gasteiger partial charge >= 0.3 is 0 Å². The Kier molecular flexibility index (Phi) is 6.24. The first-order valence-electron chi connectivity index (χ1n) is 9.38. The minimum Gasteiger partial charge on any atom is -0.339 e. The number of likely N-dealkylation sites (tertiary alicyclic amines) is 1. The Morgan fingerprint density at radius 2 is 1.92 bits per heavy atom. The zero-order valence-electron chi connectivity index (χ0n) is 16.0. The number of rotatable bonds is 4. The van der Waals surface area contributed by atoms with E-state index in [9.17, 15) is 9.59 Å². The van der Waals surface area contributed by atoms with Crippen molar-refractivity contribution in [3.63, 3.8) is 0 Å². The molecule has 8 heteroatoms. The smallest absolute Gasteiger partial charge is 0.258 e. The van der Waals surface area contributed by atoms with E-state index < -0.39 is 0 Å². The third-order valence-corrected chi connectivity index (χ3v) is 6.05. The fourth-order valence-electron chi connectivity index (χ4n) is 3.80. The molecule has 0 spiro atoms. The highest BCUT2D eigenvalue weighted by atomic mass is 32.2. The van der Waals surface area contributed by atoms with E-state index in [0.29, 0.717) is 31.2 Å². The summed E-state index contributed by atoms with van der Waals surface area (Å²) in [6.07, 6.45) is 7.17. The molecule has 2 saturated heterocycles. The molecule has 7 nitrogen and oxygen atoms in total. The van der Waals surface area contributed by atoms with Crippen LogP contribution in [0.2, 0.25) is 0 Å². The number of piperidine rings is 1. The van der Waals surface area contributed by atoms with Crippen LogP contribution in [0.3, 0.4) is 0 Å². The summed E-state index contributed by atoms with van der Waals surface area (Å²) in [7, 11) is 1.83. The molecule has 2 fully saturated rings. The first-order valence-corrected chi connectivity index (χ1v) is 10.6. The van der Waals surface area contributed by atoms with E-state index in [1.54, 1.807) is 10.9 Å². The lowest BCUT2D eigenvalue weighted by Gasteiger charge is -2.38. The Morgan fingerprint density at radius 3 is 2.58 bits per heavy atom. The summed E-state index contributed by atoms with van der Waals surface area (Å²) >= 11 is 1.49. The third kappa shape index (κ3) is 4.23. The van der Waals surface area contributed by atoms with Gasteiger partial charge in [-0.3, -0.25) is 19.2 Å². The predicted molar refractivity (Wildman–Crippen MR) is 102 cm³/mol. The van der Waals surface area contributed by atoms with Crippen molar-refractivity contribution in [1.82, 2.24) is 24.5 Å². The summed E-state index contributed by atoms with van der Waals surface area (Å²) in [5.74, 6) is 0.270. The van der Waals surface area contributed by atoms with Crippen molar-refractivity contribution in [3.05, 3.63) is 11.8 Å². The van der Waals surface area contributed by atoms with Gasteiger partial charge in [0.1, 0.15) is 5.03 Å².